The fourth-order valence-electron chi connectivity index (χ4n) is 4.31. The van der Waals surface area contributed by atoms with Gasteiger partial charge in [-0.15, -0.1) is 0 Å². The smallest absolute Gasteiger partial charge is 0.245 e. The van der Waals surface area contributed by atoms with Gasteiger partial charge in [-0.3, -0.25) is 9.59 Å². The summed E-state index contributed by atoms with van der Waals surface area (Å²) in [7, 11) is 0. The Bertz CT molecular complexity index is 1200. The normalized spacial score (nSPS) is 17.2. The summed E-state index contributed by atoms with van der Waals surface area (Å²) in [5.41, 5.74) is 2.49. The van der Waals surface area contributed by atoms with Gasteiger partial charge in [-0.25, -0.2) is 4.68 Å². The van der Waals surface area contributed by atoms with Crippen LogP contribution in [0.25, 0.3) is 5.69 Å². The molecule has 0 spiro atoms. The molecule has 0 radical (unpaired) electrons. The van der Waals surface area contributed by atoms with Crippen LogP contribution < -0.4 is 5.32 Å². The van der Waals surface area contributed by atoms with Gasteiger partial charge in [-0.2, -0.15) is 5.10 Å². The van der Waals surface area contributed by atoms with Crippen molar-refractivity contribution in [2.75, 3.05) is 18.4 Å². The van der Waals surface area contributed by atoms with E-state index in [4.69, 9.17) is 16.7 Å². The lowest BCUT2D eigenvalue weighted by Crippen LogP contribution is -2.39. The number of anilines is 1. The molecule has 2 atom stereocenters. The van der Waals surface area contributed by atoms with Crippen molar-refractivity contribution in [3.8, 4) is 5.69 Å². The molecule has 184 valence electrons. The van der Waals surface area contributed by atoms with Gasteiger partial charge in [0.2, 0.25) is 11.8 Å². The monoisotopic (exact) mass is 492 g/mol. The van der Waals surface area contributed by atoms with E-state index < -0.39 is 0 Å². The zero-order valence-electron chi connectivity index (χ0n) is 20.8. The Hall–Kier alpha value is -3.12. The Morgan fingerprint density at radius 2 is 1.80 bits per heavy atom. The second kappa shape index (κ2) is 10.2. The minimum Gasteiger partial charge on any atom is -0.333 e. The van der Waals surface area contributed by atoms with Gasteiger partial charge in [-0.05, 0) is 36.5 Å². The molecular formula is C28H33ClN4O2. The number of nitrogens with one attached hydrogen (secondary N) is 1. The van der Waals surface area contributed by atoms with Gasteiger partial charge in [0.1, 0.15) is 5.82 Å². The van der Waals surface area contributed by atoms with Crippen LogP contribution in [0.5, 0.6) is 0 Å². The number of hydrogen-bond donors (Lipinski definition) is 1. The highest BCUT2D eigenvalue weighted by molar-refractivity contribution is 6.32. The number of hydrogen-bond acceptors (Lipinski definition) is 3. The summed E-state index contributed by atoms with van der Waals surface area (Å²) in [6.07, 6.45) is 1.62. The molecule has 1 heterocycles. The van der Waals surface area contributed by atoms with Crippen molar-refractivity contribution in [2.24, 2.45) is 5.92 Å². The highest BCUT2D eigenvalue weighted by atomic mass is 35.5. The molecule has 1 aliphatic carbocycles. The van der Waals surface area contributed by atoms with Crippen molar-refractivity contribution < 1.29 is 9.59 Å². The quantitative estimate of drug-likeness (QED) is 0.432. The number of amides is 2. The van der Waals surface area contributed by atoms with Crippen LogP contribution in [0, 0.1) is 5.92 Å². The first-order chi connectivity index (χ1) is 16.7. The number of carbonyl (C=O) groups excluding carboxylic acids is 2. The minimum atomic E-state index is -0.252. The van der Waals surface area contributed by atoms with Crippen molar-refractivity contribution in [3.05, 3.63) is 76.9 Å². The lowest BCUT2D eigenvalue weighted by atomic mass is 9.92. The van der Waals surface area contributed by atoms with E-state index in [2.05, 4.69) is 38.2 Å². The van der Waals surface area contributed by atoms with Crippen LogP contribution in [-0.2, 0) is 15.0 Å². The Labute approximate surface area is 212 Å². The molecular weight excluding hydrogens is 460 g/mol. The number of para-hydroxylation sites is 1. The van der Waals surface area contributed by atoms with Crippen LogP contribution in [-0.4, -0.2) is 39.6 Å². The number of nitrogens with zero attached hydrogens (tertiary/aromatic N) is 3. The zero-order chi connectivity index (χ0) is 25.2. The van der Waals surface area contributed by atoms with Crippen molar-refractivity contribution in [3.63, 3.8) is 0 Å². The summed E-state index contributed by atoms with van der Waals surface area (Å²) in [5.74, 6) is 0.508. The molecule has 0 bridgehead atoms. The second-order valence-electron chi connectivity index (χ2n) is 10.2. The molecule has 1 aromatic heterocycles. The molecule has 1 N–H and O–H groups in total. The maximum Gasteiger partial charge on any atom is 0.245 e. The van der Waals surface area contributed by atoms with Gasteiger partial charge in [-0.1, -0.05) is 81.8 Å². The van der Waals surface area contributed by atoms with E-state index in [1.54, 1.807) is 15.6 Å². The van der Waals surface area contributed by atoms with Gasteiger partial charge in [0.15, 0.2) is 0 Å². The fourth-order valence-corrected chi connectivity index (χ4v) is 4.52. The lowest BCUT2D eigenvalue weighted by molar-refractivity contribution is -0.136. The Kier molecular flexibility index (Phi) is 7.31. The Balaban J connectivity index is 1.51. The molecule has 35 heavy (non-hydrogen) atoms. The van der Waals surface area contributed by atoms with Gasteiger partial charge < -0.3 is 10.2 Å². The average Bonchev–Trinajstić information content (AvgIpc) is 3.51. The third-order valence-electron chi connectivity index (χ3n) is 6.30. The molecule has 4 rings (SSSR count). The minimum absolute atomic E-state index is 0.00321. The number of carbonyl (C=O) groups is 2. The van der Waals surface area contributed by atoms with E-state index in [9.17, 15) is 9.59 Å². The SMILES string of the molecule is CCCN(CC(=O)Nc1cc(C(C)(C)C)nn1-c1ccccc1Cl)C(=O)C1CC1c1ccccc1. The van der Waals surface area contributed by atoms with Crippen LogP contribution in [0.4, 0.5) is 5.82 Å². The molecule has 2 aromatic carbocycles. The van der Waals surface area contributed by atoms with Crippen molar-refractivity contribution in [2.45, 2.75) is 51.9 Å². The molecule has 1 aliphatic rings. The topological polar surface area (TPSA) is 67.2 Å². The Morgan fingerprint density at radius 3 is 2.46 bits per heavy atom. The van der Waals surface area contributed by atoms with Crippen LogP contribution in [0.2, 0.25) is 5.02 Å². The fraction of sp³-hybridized carbons (Fsp3) is 0.393. The van der Waals surface area contributed by atoms with Crippen LogP contribution in [0.15, 0.2) is 60.7 Å². The lowest BCUT2D eigenvalue weighted by Gasteiger charge is -2.22. The van der Waals surface area contributed by atoms with Crippen LogP contribution in [0.1, 0.15) is 57.7 Å². The first-order valence-electron chi connectivity index (χ1n) is 12.2. The number of halogens is 1. The second-order valence-corrected chi connectivity index (χ2v) is 10.6. The highest BCUT2D eigenvalue weighted by Gasteiger charge is 2.45. The molecule has 7 heteroatoms. The molecule has 2 amide bonds. The maximum absolute atomic E-state index is 13.2. The largest absolute Gasteiger partial charge is 0.333 e. The van der Waals surface area contributed by atoms with Crippen LogP contribution in [0.3, 0.4) is 0 Å². The number of rotatable bonds is 8. The Morgan fingerprint density at radius 1 is 1.11 bits per heavy atom. The predicted octanol–water partition coefficient (Wildman–Crippen LogP) is 5.80. The zero-order valence-corrected chi connectivity index (χ0v) is 21.5. The highest BCUT2D eigenvalue weighted by Crippen LogP contribution is 2.48. The van der Waals surface area contributed by atoms with Gasteiger partial charge >= 0.3 is 0 Å². The van der Waals surface area contributed by atoms with Crippen molar-refractivity contribution in [1.29, 1.82) is 0 Å². The summed E-state index contributed by atoms with van der Waals surface area (Å²) < 4.78 is 1.67. The standard InChI is InChI=1S/C28H33ClN4O2/c1-5-15-32(27(35)21-16-20(21)19-11-7-6-8-12-19)18-26(34)30-25-17-24(28(2,3)4)31-33(25)23-14-10-9-13-22(23)29/h6-14,17,20-21H,5,15-16,18H2,1-4H3,(H,30,34). The van der Waals surface area contributed by atoms with Crippen molar-refractivity contribution >= 4 is 29.2 Å². The maximum atomic E-state index is 13.2. The molecule has 0 saturated heterocycles. The van der Waals surface area contributed by atoms with E-state index in [0.717, 1.165) is 18.5 Å². The van der Waals surface area contributed by atoms with Crippen molar-refractivity contribution in [1.82, 2.24) is 14.7 Å². The molecule has 2 unspecified atom stereocenters. The average molecular weight is 493 g/mol. The van der Waals surface area contributed by atoms with Gasteiger partial charge in [0.25, 0.3) is 0 Å². The number of aromatic nitrogens is 2. The van der Waals surface area contributed by atoms with Crippen LogP contribution >= 0.6 is 11.6 Å². The third-order valence-corrected chi connectivity index (χ3v) is 6.62. The van der Waals surface area contributed by atoms with E-state index in [1.807, 2.05) is 49.4 Å². The van der Waals surface area contributed by atoms with Gasteiger partial charge in [0, 0.05) is 23.9 Å². The predicted molar refractivity (Wildman–Crippen MR) is 140 cm³/mol. The summed E-state index contributed by atoms with van der Waals surface area (Å²) in [6.45, 7) is 8.77. The van der Waals surface area contributed by atoms with E-state index >= 15 is 0 Å². The summed E-state index contributed by atoms with van der Waals surface area (Å²) in [4.78, 5) is 28.1. The van der Waals surface area contributed by atoms with Gasteiger partial charge in [0.05, 0.1) is 22.9 Å². The van der Waals surface area contributed by atoms with E-state index in [1.165, 1.54) is 5.56 Å². The molecule has 0 aliphatic heterocycles. The third kappa shape index (κ3) is 5.76. The summed E-state index contributed by atoms with van der Waals surface area (Å²) >= 11 is 6.44. The summed E-state index contributed by atoms with van der Waals surface area (Å²) in [5, 5.41) is 8.26. The van der Waals surface area contributed by atoms with E-state index in [0.29, 0.717) is 23.1 Å². The number of benzene rings is 2. The first-order valence-corrected chi connectivity index (χ1v) is 12.6. The van der Waals surface area contributed by atoms with E-state index in [-0.39, 0.29) is 35.6 Å². The first kappa shape index (κ1) is 25.0. The molecule has 1 saturated carbocycles. The molecule has 6 nitrogen and oxygen atoms in total. The molecule has 1 fully saturated rings. The summed E-state index contributed by atoms with van der Waals surface area (Å²) in [6, 6.07) is 19.4. The molecule has 3 aromatic rings.